The van der Waals surface area contributed by atoms with Gasteiger partial charge in [0.05, 0.1) is 22.4 Å². The van der Waals surface area contributed by atoms with Crippen molar-refractivity contribution in [3.63, 3.8) is 0 Å². The third-order valence-corrected chi connectivity index (χ3v) is 9.41. The smallest absolute Gasteiger partial charge is 0.0701 e. The Morgan fingerprint density at radius 2 is 1.00 bits per heavy atom. The number of benzene rings is 7. The summed E-state index contributed by atoms with van der Waals surface area (Å²) < 4.78 is 2.38. The van der Waals surface area contributed by atoms with Crippen molar-refractivity contribution in [1.29, 1.82) is 0 Å². The van der Waals surface area contributed by atoms with Crippen LogP contribution in [-0.2, 0) is 0 Å². The Morgan fingerprint density at radius 3 is 1.66 bits per heavy atom. The second-order valence-electron chi connectivity index (χ2n) is 12.5. The molecule has 0 spiro atoms. The van der Waals surface area contributed by atoms with Crippen LogP contribution in [0.15, 0.2) is 200 Å². The fraction of sp³-hybridized carbons (Fsp3) is 0. The first-order valence-electron chi connectivity index (χ1n) is 17.0. The second kappa shape index (κ2) is 12.7. The van der Waals surface area contributed by atoms with E-state index in [1.165, 1.54) is 33.0 Å². The lowest BCUT2D eigenvalue weighted by atomic mass is 9.97. The molecule has 0 amide bonds. The topological polar surface area (TPSA) is 21.1 Å². The van der Waals surface area contributed by atoms with Crippen molar-refractivity contribution >= 4 is 38.9 Å². The summed E-state index contributed by atoms with van der Waals surface area (Å²) >= 11 is 0. The maximum atomic E-state index is 4.57. The molecule has 3 heteroatoms. The van der Waals surface area contributed by atoms with Gasteiger partial charge in [-0.15, -0.1) is 0 Å². The molecule has 3 nitrogen and oxygen atoms in total. The third-order valence-electron chi connectivity index (χ3n) is 9.41. The predicted octanol–water partition coefficient (Wildman–Crippen LogP) is 12.6. The minimum Gasteiger partial charge on any atom is -0.310 e. The van der Waals surface area contributed by atoms with E-state index in [0.29, 0.717) is 0 Å². The highest BCUT2D eigenvalue weighted by Crippen LogP contribution is 2.45. The number of nitrogens with zero attached hydrogens (tertiary/aromatic N) is 3. The Morgan fingerprint density at radius 1 is 0.400 bits per heavy atom. The van der Waals surface area contributed by atoms with Crippen LogP contribution in [0.5, 0.6) is 0 Å². The number of aromatic nitrogens is 2. The van der Waals surface area contributed by atoms with Crippen LogP contribution < -0.4 is 4.90 Å². The van der Waals surface area contributed by atoms with E-state index in [0.717, 1.165) is 45.0 Å². The summed E-state index contributed by atoms with van der Waals surface area (Å²) in [6.07, 6.45) is 1.84. The Labute approximate surface area is 292 Å². The molecule has 0 fully saturated rings. The lowest BCUT2D eigenvalue weighted by molar-refractivity contribution is 1.18. The average Bonchev–Trinajstić information content (AvgIpc) is 3.54. The van der Waals surface area contributed by atoms with Gasteiger partial charge in [-0.3, -0.25) is 4.98 Å². The van der Waals surface area contributed by atoms with Gasteiger partial charge in [-0.2, -0.15) is 0 Å². The highest BCUT2D eigenvalue weighted by Gasteiger charge is 2.22. The predicted molar refractivity (Wildman–Crippen MR) is 210 cm³/mol. The number of anilines is 3. The summed E-state index contributed by atoms with van der Waals surface area (Å²) in [4.78, 5) is 6.99. The van der Waals surface area contributed by atoms with Crippen LogP contribution in [0.2, 0.25) is 0 Å². The first-order valence-corrected chi connectivity index (χ1v) is 17.0. The molecule has 50 heavy (non-hydrogen) atoms. The standard InChI is InChI=1S/C47H33N3/c1-4-15-34(16-5-1)37-31-38(35-17-6-2-7-18-35)33-41(32-37)49(39-19-8-3-9-20-39)45-24-14-25-46-47(45)42-21-10-11-23-44(42)50(46)40-28-26-36(27-29-40)43-22-12-13-30-48-43/h1-33H. The molecule has 2 aromatic heterocycles. The Kier molecular flexibility index (Phi) is 7.49. The lowest BCUT2D eigenvalue weighted by Gasteiger charge is -2.28. The van der Waals surface area contributed by atoms with Crippen molar-refractivity contribution in [3.8, 4) is 39.2 Å². The molecule has 9 aromatic rings. The van der Waals surface area contributed by atoms with E-state index < -0.39 is 0 Å². The van der Waals surface area contributed by atoms with Crippen molar-refractivity contribution in [1.82, 2.24) is 9.55 Å². The molecule has 0 aliphatic heterocycles. The van der Waals surface area contributed by atoms with Crippen molar-refractivity contribution in [3.05, 3.63) is 200 Å². The molecule has 0 atom stereocenters. The van der Waals surface area contributed by atoms with Gasteiger partial charge in [0.25, 0.3) is 0 Å². The summed E-state index contributed by atoms with van der Waals surface area (Å²) in [5, 5.41) is 2.41. The average molecular weight is 640 g/mol. The number of para-hydroxylation sites is 2. The summed E-state index contributed by atoms with van der Waals surface area (Å²) in [5.74, 6) is 0. The van der Waals surface area contributed by atoms with Gasteiger partial charge in [-0.1, -0.05) is 121 Å². The SMILES string of the molecule is c1ccc(-c2cc(-c3ccccc3)cc(N(c3ccccc3)c3cccc4c3c3ccccc3n4-c3ccc(-c4ccccn4)cc3)c2)cc1. The van der Waals surface area contributed by atoms with E-state index in [-0.39, 0.29) is 0 Å². The van der Waals surface area contributed by atoms with Gasteiger partial charge < -0.3 is 9.47 Å². The van der Waals surface area contributed by atoms with E-state index in [1.54, 1.807) is 0 Å². The van der Waals surface area contributed by atoms with Crippen LogP contribution in [0.1, 0.15) is 0 Å². The zero-order valence-corrected chi connectivity index (χ0v) is 27.4. The molecular formula is C47H33N3. The maximum absolute atomic E-state index is 4.57. The van der Waals surface area contributed by atoms with Gasteiger partial charge in [0.1, 0.15) is 0 Å². The van der Waals surface area contributed by atoms with Gasteiger partial charge in [0.2, 0.25) is 0 Å². The van der Waals surface area contributed by atoms with Crippen LogP contribution in [0.25, 0.3) is 61.0 Å². The van der Waals surface area contributed by atoms with Crippen molar-refractivity contribution in [2.75, 3.05) is 4.90 Å². The molecule has 9 rings (SSSR count). The molecule has 0 bridgehead atoms. The molecule has 0 aliphatic carbocycles. The van der Waals surface area contributed by atoms with Crippen LogP contribution in [0.3, 0.4) is 0 Å². The number of fused-ring (bicyclic) bond motifs is 3. The Bertz CT molecular complexity index is 2500. The first kappa shape index (κ1) is 29.4. The molecule has 0 aliphatic rings. The van der Waals surface area contributed by atoms with Gasteiger partial charge in [-0.25, -0.2) is 0 Å². The summed E-state index contributed by atoms with van der Waals surface area (Å²) in [6.45, 7) is 0. The van der Waals surface area contributed by atoms with Gasteiger partial charge in [0, 0.05) is 39.6 Å². The van der Waals surface area contributed by atoms with E-state index in [2.05, 4.69) is 196 Å². The van der Waals surface area contributed by atoms with Crippen LogP contribution in [0, 0.1) is 0 Å². The van der Waals surface area contributed by atoms with Gasteiger partial charge >= 0.3 is 0 Å². The van der Waals surface area contributed by atoms with Crippen LogP contribution >= 0.6 is 0 Å². The molecule has 2 heterocycles. The quantitative estimate of drug-likeness (QED) is 0.173. The van der Waals surface area contributed by atoms with E-state index in [1.807, 2.05) is 18.3 Å². The lowest BCUT2D eigenvalue weighted by Crippen LogP contribution is -2.10. The molecule has 236 valence electrons. The van der Waals surface area contributed by atoms with Crippen molar-refractivity contribution in [2.24, 2.45) is 0 Å². The second-order valence-corrected chi connectivity index (χ2v) is 12.5. The molecule has 0 radical (unpaired) electrons. The normalized spacial score (nSPS) is 11.2. The first-order chi connectivity index (χ1) is 24.8. The van der Waals surface area contributed by atoms with Gasteiger partial charge in [-0.05, 0) is 95.1 Å². The maximum Gasteiger partial charge on any atom is 0.0701 e. The number of rotatable bonds is 7. The molecule has 0 N–H and O–H groups in total. The molecule has 0 unspecified atom stereocenters. The highest BCUT2D eigenvalue weighted by atomic mass is 15.1. The number of pyridine rings is 1. The summed E-state index contributed by atoms with van der Waals surface area (Å²) in [6, 6.07) is 69.2. The summed E-state index contributed by atoms with van der Waals surface area (Å²) in [5.41, 5.74) is 13.5. The monoisotopic (exact) mass is 639 g/mol. The molecular weight excluding hydrogens is 607 g/mol. The molecule has 0 saturated heterocycles. The summed E-state index contributed by atoms with van der Waals surface area (Å²) in [7, 11) is 0. The van der Waals surface area contributed by atoms with Crippen molar-refractivity contribution < 1.29 is 0 Å². The van der Waals surface area contributed by atoms with E-state index in [4.69, 9.17) is 0 Å². The number of hydrogen-bond donors (Lipinski definition) is 0. The highest BCUT2D eigenvalue weighted by molar-refractivity contribution is 6.16. The zero-order chi connectivity index (χ0) is 33.3. The Balaban J connectivity index is 1.29. The zero-order valence-electron chi connectivity index (χ0n) is 27.4. The third kappa shape index (κ3) is 5.32. The fourth-order valence-electron chi connectivity index (χ4n) is 7.12. The van der Waals surface area contributed by atoms with Crippen molar-refractivity contribution in [2.45, 2.75) is 0 Å². The van der Waals surface area contributed by atoms with Gasteiger partial charge in [0.15, 0.2) is 0 Å². The fourth-order valence-corrected chi connectivity index (χ4v) is 7.12. The van der Waals surface area contributed by atoms with Crippen LogP contribution in [-0.4, -0.2) is 9.55 Å². The molecule has 7 aromatic carbocycles. The van der Waals surface area contributed by atoms with E-state index in [9.17, 15) is 0 Å². The Hall–Kier alpha value is -6.71. The minimum atomic E-state index is 0.967. The number of hydrogen-bond acceptors (Lipinski definition) is 2. The minimum absolute atomic E-state index is 0.967. The largest absolute Gasteiger partial charge is 0.310 e. The van der Waals surface area contributed by atoms with E-state index >= 15 is 0 Å². The van der Waals surface area contributed by atoms with Crippen LogP contribution in [0.4, 0.5) is 17.1 Å². The molecule has 0 saturated carbocycles.